The smallest absolute Gasteiger partial charge is 0.153 e. The predicted octanol–water partition coefficient (Wildman–Crippen LogP) is 4.15. The molecule has 0 saturated heterocycles. The average Bonchev–Trinajstić information content (AvgIpc) is 3.08. The van der Waals surface area contributed by atoms with E-state index in [1.165, 1.54) is 0 Å². The normalized spacial score (nSPS) is 11.4. The second kappa shape index (κ2) is 5.56. The van der Waals surface area contributed by atoms with Gasteiger partial charge in [-0.25, -0.2) is 0 Å². The van der Waals surface area contributed by atoms with E-state index in [2.05, 4.69) is 18.9 Å². The van der Waals surface area contributed by atoms with Gasteiger partial charge in [0.2, 0.25) is 0 Å². The van der Waals surface area contributed by atoms with Crippen molar-refractivity contribution in [2.24, 2.45) is 5.92 Å². The van der Waals surface area contributed by atoms with Crippen LogP contribution in [0.4, 0.5) is 0 Å². The number of nitrogens with zero attached hydrogens (tertiary/aromatic N) is 2. The van der Waals surface area contributed by atoms with Gasteiger partial charge < -0.3 is 4.42 Å². The minimum absolute atomic E-state index is 0.602. The molecule has 4 nitrogen and oxygen atoms in total. The fraction of sp³-hybridized carbons (Fsp3) is 0.294. The number of furan rings is 1. The van der Waals surface area contributed by atoms with E-state index in [0.29, 0.717) is 17.2 Å². The van der Waals surface area contributed by atoms with Crippen LogP contribution in [0.15, 0.2) is 41.1 Å². The van der Waals surface area contributed by atoms with Gasteiger partial charge in [-0.3, -0.25) is 9.48 Å². The van der Waals surface area contributed by atoms with Crippen LogP contribution >= 0.6 is 0 Å². The molecule has 0 aliphatic heterocycles. The fourth-order valence-electron chi connectivity index (χ4n) is 2.40. The van der Waals surface area contributed by atoms with Crippen molar-refractivity contribution in [3.63, 3.8) is 0 Å². The molecule has 0 unspecified atom stereocenters. The van der Waals surface area contributed by atoms with E-state index in [1.54, 1.807) is 6.26 Å². The molecule has 3 rings (SSSR count). The summed E-state index contributed by atoms with van der Waals surface area (Å²) in [4.78, 5) is 11.3. The highest BCUT2D eigenvalue weighted by atomic mass is 16.3. The van der Waals surface area contributed by atoms with E-state index in [4.69, 9.17) is 4.42 Å². The number of fused-ring (bicyclic) bond motifs is 1. The van der Waals surface area contributed by atoms with Gasteiger partial charge in [0.05, 0.1) is 5.56 Å². The van der Waals surface area contributed by atoms with Crippen LogP contribution < -0.4 is 0 Å². The molecule has 4 heteroatoms. The summed E-state index contributed by atoms with van der Waals surface area (Å²) in [5, 5.41) is 5.55. The Hall–Kier alpha value is -2.36. The summed E-state index contributed by atoms with van der Waals surface area (Å²) in [6.07, 6.45) is 5.38. The Morgan fingerprint density at radius 2 is 2.14 bits per heavy atom. The second-order valence-electron chi connectivity index (χ2n) is 5.64. The number of carbonyl (C=O) groups excluding carboxylic acids is 1. The van der Waals surface area contributed by atoms with Gasteiger partial charge in [0, 0.05) is 23.7 Å². The standard InChI is InChI=1S/C17H18N2O2/c1-12(2)7-8-19-9-13(10-20)17(18-19)15-11-21-16-6-4-3-5-14(15)16/h3-6,9-12H,7-8H2,1-2H3. The van der Waals surface area contributed by atoms with E-state index < -0.39 is 0 Å². The van der Waals surface area contributed by atoms with Crippen LogP contribution in [0.3, 0.4) is 0 Å². The molecule has 0 spiro atoms. The molecule has 108 valence electrons. The summed E-state index contributed by atoms with van der Waals surface area (Å²) in [6, 6.07) is 7.78. The van der Waals surface area contributed by atoms with Crippen LogP contribution in [0, 0.1) is 5.92 Å². The summed E-state index contributed by atoms with van der Waals surface area (Å²) < 4.78 is 7.39. The molecule has 0 radical (unpaired) electrons. The van der Waals surface area contributed by atoms with Gasteiger partial charge in [0.1, 0.15) is 17.5 Å². The largest absolute Gasteiger partial charge is 0.464 e. The van der Waals surface area contributed by atoms with E-state index in [0.717, 1.165) is 35.8 Å². The number of carbonyl (C=O) groups is 1. The van der Waals surface area contributed by atoms with E-state index in [1.807, 2.05) is 35.1 Å². The number of aldehydes is 1. The number of benzene rings is 1. The number of hydrogen-bond donors (Lipinski definition) is 0. The number of aromatic nitrogens is 2. The minimum atomic E-state index is 0.602. The van der Waals surface area contributed by atoms with Crippen LogP contribution in [-0.2, 0) is 6.54 Å². The highest BCUT2D eigenvalue weighted by Gasteiger charge is 2.15. The maximum absolute atomic E-state index is 11.3. The van der Waals surface area contributed by atoms with Crippen molar-refractivity contribution in [3.05, 3.63) is 42.3 Å². The molecule has 0 atom stereocenters. The van der Waals surface area contributed by atoms with Gasteiger partial charge in [0.25, 0.3) is 0 Å². The van der Waals surface area contributed by atoms with E-state index in [-0.39, 0.29) is 0 Å². The SMILES string of the molecule is CC(C)CCn1cc(C=O)c(-c2coc3ccccc23)n1. The van der Waals surface area contributed by atoms with Crippen molar-refractivity contribution in [1.82, 2.24) is 9.78 Å². The molecule has 0 N–H and O–H groups in total. The van der Waals surface area contributed by atoms with Gasteiger partial charge in [-0.05, 0) is 18.4 Å². The summed E-state index contributed by atoms with van der Waals surface area (Å²) >= 11 is 0. The Morgan fingerprint density at radius 1 is 1.33 bits per heavy atom. The molecule has 0 aliphatic rings. The minimum Gasteiger partial charge on any atom is -0.464 e. The first-order chi connectivity index (χ1) is 10.2. The van der Waals surface area contributed by atoms with E-state index >= 15 is 0 Å². The van der Waals surface area contributed by atoms with Crippen molar-refractivity contribution in [2.45, 2.75) is 26.8 Å². The summed E-state index contributed by atoms with van der Waals surface area (Å²) in [6.45, 7) is 5.16. The van der Waals surface area contributed by atoms with Gasteiger partial charge >= 0.3 is 0 Å². The molecule has 0 saturated carbocycles. The Morgan fingerprint density at radius 3 is 2.90 bits per heavy atom. The Kier molecular flexibility index (Phi) is 3.60. The summed E-state index contributed by atoms with van der Waals surface area (Å²) in [5.41, 5.74) is 2.97. The van der Waals surface area contributed by atoms with Crippen LogP contribution in [0.2, 0.25) is 0 Å². The lowest BCUT2D eigenvalue weighted by molar-refractivity contribution is 0.112. The molecule has 0 amide bonds. The molecule has 0 fully saturated rings. The summed E-state index contributed by atoms with van der Waals surface area (Å²) in [7, 11) is 0. The maximum atomic E-state index is 11.3. The monoisotopic (exact) mass is 282 g/mol. The third-order valence-electron chi connectivity index (χ3n) is 3.59. The number of hydrogen-bond acceptors (Lipinski definition) is 3. The molecular weight excluding hydrogens is 264 g/mol. The first kappa shape index (κ1) is 13.6. The number of aryl methyl sites for hydroxylation is 1. The lowest BCUT2D eigenvalue weighted by atomic mass is 10.1. The fourth-order valence-corrected chi connectivity index (χ4v) is 2.40. The van der Waals surface area contributed by atoms with Crippen molar-refractivity contribution >= 4 is 17.3 Å². The molecule has 1 aromatic carbocycles. The zero-order chi connectivity index (χ0) is 14.8. The quantitative estimate of drug-likeness (QED) is 0.660. The van der Waals surface area contributed by atoms with Crippen molar-refractivity contribution < 1.29 is 9.21 Å². The predicted molar refractivity (Wildman–Crippen MR) is 82.3 cm³/mol. The molecule has 3 aromatic rings. The zero-order valence-electron chi connectivity index (χ0n) is 12.2. The van der Waals surface area contributed by atoms with Gasteiger partial charge in [-0.1, -0.05) is 32.0 Å². The topological polar surface area (TPSA) is 48.0 Å². The van der Waals surface area contributed by atoms with Crippen LogP contribution in [0.25, 0.3) is 22.2 Å². The Balaban J connectivity index is 2.03. The third kappa shape index (κ3) is 2.61. The number of rotatable bonds is 5. The number of para-hydroxylation sites is 1. The van der Waals surface area contributed by atoms with Crippen molar-refractivity contribution in [1.29, 1.82) is 0 Å². The maximum Gasteiger partial charge on any atom is 0.153 e. The van der Waals surface area contributed by atoms with Crippen molar-refractivity contribution in [3.8, 4) is 11.3 Å². The highest BCUT2D eigenvalue weighted by molar-refractivity contribution is 5.97. The summed E-state index contributed by atoms with van der Waals surface area (Å²) in [5.74, 6) is 0.604. The molecule has 0 bridgehead atoms. The van der Waals surface area contributed by atoms with Crippen LogP contribution in [0.1, 0.15) is 30.6 Å². The molecule has 0 aliphatic carbocycles. The van der Waals surface area contributed by atoms with Crippen LogP contribution in [-0.4, -0.2) is 16.1 Å². The van der Waals surface area contributed by atoms with Gasteiger partial charge in [-0.15, -0.1) is 0 Å². The first-order valence-corrected chi connectivity index (χ1v) is 7.18. The van der Waals surface area contributed by atoms with E-state index in [9.17, 15) is 4.79 Å². The van der Waals surface area contributed by atoms with Gasteiger partial charge in [0.15, 0.2) is 6.29 Å². The first-order valence-electron chi connectivity index (χ1n) is 7.18. The Bertz CT molecular complexity index is 768. The lowest BCUT2D eigenvalue weighted by Crippen LogP contribution is -2.01. The molecule has 2 aromatic heterocycles. The third-order valence-corrected chi connectivity index (χ3v) is 3.59. The highest BCUT2D eigenvalue weighted by Crippen LogP contribution is 2.31. The molecule has 2 heterocycles. The van der Waals surface area contributed by atoms with Crippen LogP contribution in [0.5, 0.6) is 0 Å². The zero-order valence-corrected chi connectivity index (χ0v) is 12.2. The van der Waals surface area contributed by atoms with Crippen molar-refractivity contribution in [2.75, 3.05) is 0 Å². The lowest BCUT2D eigenvalue weighted by Gasteiger charge is -2.03. The van der Waals surface area contributed by atoms with Gasteiger partial charge in [-0.2, -0.15) is 5.10 Å². The Labute approximate surface area is 123 Å². The molecule has 21 heavy (non-hydrogen) atoms. The average molecular weight is 282 g/mol. The molecular formula is C17H18N2O2. The second-order valence-corrected chi connectivity index (χ2v) is 5.64.